The molecule has 0 aromatic heterocycles. The van der Waals surface area contributed by atoms with E-state index in [-0.39, 0.29) is 0 Å². The zero-order chi connectivity index (χ0) is 12.8. The van der Waals surface area contributed by atoms with E-state index < -0.39 is 0 Å². The van der Waals surface area contributed by atoms with Crippen LogP contribution in [0.4, 0.5) is 0 Å². The second-order valence-electron chi connectivity index (χ2n) is 5.09. The van der Waals surface area contributed by atoms with E-state index in [1.54, 1.807) is 0 Å². The summed E-state index contributed by atoms with van der Waals surface area (Å²) >= 11 is 6.16. The Hall–Kier alpha value is -0.570. The van der Waals surface area contributed by atoms with E-state index in [9.17, 15) is 0 Å². The summed E-state index contributed by atoms with van der Waals surface area (Å²) in [5, 5.41) is 4.50. The Labute approximate surface area is 115 Å². The van der Waals surface area contributed by atoms with Gasteiger partial charge in [0.15, 0.2) is 0 Å². The molecule has 1 saturated heterocycles. The molecule has 0 saturated carbocycles. The van der Waals surface area contributed by atoms with Gasteiger partial charge in [-0.1, -0.05) is 36.7 Å². The number of benzene rings is 1. The Kier molecular flexibility index (Phi) is 5.48. The van der Waals surface area contributed by atoms with E-state index in [0.717, 1.165) is 11.6 Å². The smallest absolute Gasteiger partial charge is 0.0450 e. The molecule has 3 heteroatoms. The minimum Gasteiger partial charge on any atom is -0.310 e. The molecule has 0 atom stereocenters. The van der Waals surface area contributed by atoms with Gasteiger partial charge in [0.05, 0.1) is 0 Å². The summed E-state index contributed by atoms with van der Waals surface area (Å²) in [6.07, 6.45) is 3.77. The van der Waals surface area contributed by atoms with Crippen LogP contribution in [0, 0.1) is 0 Å². The van der Waals surface area contributed by atoms with Crippen LogP contribution in [0.3, 0.4) is 0 Å². The molecule has 100 valence electrons. The quantitative estimate of drug-likeness (QED) is 0.880. The van der Waals surface area contributed by atoms with Crippen molar-refractivity contribution in [1.29, 1.82) is 0 Å². The largest absolute Gasteiger partial charge is 0.310 e. The summed E-state index contributed by atoms with van der Waals surface area (Å²) in [7, 11) is 0. The van der Waals surface area contributed by atoms with Crippen molar-refractivity contribution in [2.75, 3.05) is 19.6 Å². The lowest BCUT2D eigenvalue weighted by Crippen LogP contribution is -2.42. The first-order chi connectivity index (χ1) is 8.79. The summed E-state index contributed by atoms with van der Waals surface area (Å²) < 4.78 is 0. The minimum atomic E-state index is 0.648. The Balaban J connectivity index is 1.74. The van der Waals surface area contributed by atoms with Crippen LogP contribution in [0.2, 0.25) is 5.02 Å². The number of nitrogens with zero attached hydrogens (tertiary/aromatic N) is 1. The molecule has 18 heavy (non-hydrogen) atoms. The van der Waals surface area contributed by atoms with Gasteiger partial charge in [0.25, 0.3) is 0 Å². The normalized spacial score (nSPS) is 18.1. The topological polar surface area (TPSA) is 15.3 Å². The first kappa shape index (κ1) is 13.9. The monoisotopic (exact) mass is 266 g/mol. The number of hydrogen-bond donors (Lipinski definition) is 1. The van der Waals surface area contributed by atoms with Crippen molar-refractivity contribution in [3.8, 4) is 0 Å². The van der Waals surface area contributed by atoms with E-state index in [4.69, 9.17) is 11.6 Å². The Morgan fingerprint density at radius 3 is 2.67 bits per heavy atom. The van der Waals surface area contributed by atoms with Gasteiger partial charge in [-0.25, -0.2) is 0 Å². The molecule has 1 aliphatic heterocycles. The third kappa shape index (κ3) is 3.98. The van der Waals surface area contributed by atoms with Crippen molar-refractivity contribution in [3.63, 3.8) is 0 Å². The molecule has 1 N–H and O–H groups in total. The van der Waals surface area contributed by atoms with Crippen molar-refractivity contribution in [2.45, 2.75) is 38.8 Å². The molecule has 1 aromatic rings. The van der Waals surface area contributed by atoms with Crippen LogP contribution in [0.1, 0.15) is 31.7 Å². The van der Waals surface area contributed by atoms with Gasteiger partial charge in [-0.05, 0) is 50.5 Å². The fraction of sp³-hybridized carbons (Fsp3) is 0.600. The number of likely N-dealkylation sites (tertiary alicyclic amines) is 1. The lowest BCUT2D eigenvalue weighted by atomic mass is 10.0. The van der Waals surface area contributed by atoms with Crippen LogP contribution in [0.5, 0.6) is 0 Å². The predicted octanol–water partition coefficient (Wildman–Crippen LogP) is 3.30. The van der Waals surface area contributed by atoms with Crippen LogP contribution >= 0.6 is 11.6 Å². The molecule has 0 unspecified atom stereocenters. The number of halogens is 1. The van der Waals surface area contributed by atoms with E-state index in [0.29, 0.717) is 6.04 Å². The molecule has 2 rings (SSSR count). The predicted molar refractivity (Wildman–Crippen MR) is 78.0 cm³/mol. The molecule has 0 spiro atoms. The maximum absolute atomic E-state index is 6.16. The maximum Gasteiger partial charge on any atom is 0.0450 e. The number of nitrogens with one attached hydrogen (secondary N) is 1. The highest BCUT2D eigenvalue weighted by atomic mass is 35.5. The van der Waals surface area contributed by atoms with Crippen LogP contribution in [0.25, 0.3) is 0 Å². The Morgan fingerprint density at radius 1 is 1.28 bits per heavy atom. The van der Waals surface area contributed by atoms with Gasteiger partial charge < -0.3 is 10.2 Å². The first-order valence-corrected chi connectivity index (χ1v) is 7.36. The Bertz CT molecular complexity index is 359. The van der Waals surface area contributed by atoms with E-state index in [1.807, 2.05) is 18.2 Å². The van der Waals surface area contributed by atoms with Gasteiger partial charge in [0.2, 0.25) is 0 Å². The van der Waals surface area contributed by atoms with E-state index >= 15 is 0 Å². The summed E-state index contributed by atoms with van der Waals surface area (Å²) in [6.45, 7) is 6.85. The van der Waals surface area contributed by atoms with Gasteiger partial charge in [0.1, 0.15) is 0 Å². The van der Waals surface area contributed by atoms with Crippen LogP contribution in [0.15, 0.2) is 24.3 Å². The Morgan fingerprint density at radius 2 is 2.00 bits per heavy atom. The van der Waals surface area contributed by atoms with Gasteiger partial charge in [-0.3, -0.25) is 0 Å². The SMILES string of the molecule is CCCN1CCC(NCc2ccccc2Cl)CC1. The third-order valence-electron chi connectivity index (χ3n) is 3.67. The number of piperidine rings is 1. The highest BCUT2D eigenvalue weighted by Crippen LogP contribution is 2.16. The lowest BCUT2D eigenvalue weighted by molar-refractivity contribution is 0.197. The van der Waals surface area contributed by atoms with Crippen molar-refractivity contribution >= 4 is 11.6 Å². The molecule has 0 bridgehead atoms. The second kappa shape index (κ2) is 7.13. The fourth-order valence-electron chi connectivity index (χ4n) is 2.57. The molecule has 0 amide bonds. The summed E-state index contributed by atoms with van der Waals surface area (Å²) in [4.78, 5) is 2.56. The summed E-state index contributed by atoms with van der Waals surface area (Å²) in [6, 6.07) is 8.74. The summed E-state index contributed by atoms with van der Waals surface area (Å²) in [5.74, 6) is 0. The highest BCUT2D eigenvalue weighted by Gasteiger charge is 2.17. The average Bonchev–Trinajstić information content (AvgIpc) is 2.40. The van der Waals surface area contributed by atoms with E-state index in [1.165, 1.54) is 44.5 Å². The molecular formula is C15H23ClN2. The molecule has 1 aromatic carbocycles. The molecule has 2 nitrogen and oxygen atoms in total. The first-order valence-electron chi connectivity index (χ1n) is 6.98. The number of rotatable bonds is 5. The highest BCUT2D eigenvalue weighted by molar-refractivity contribution is 6.31. The number of hydrogen-bond acceptors (Lipinski definition) is 2. The van der Waals surface area contributed by atoms with Gasteiger partial charge in [-0.2, -0.15) is 0 Å². The zero-order valence-corrected chi connectivity index (χ0v) is 11.9. The fourth-order valence-corrected chi connectivity index (χ4v) is 2.78. The van der Waals surface area contributed by atoms with Gasteiger partial charge >= 0.3 is 0 Å². The van der Waals surface area contributed by atoms with E-state index in [2.05, 4.69) is 23.2 Å². The van der Waals surface area contributed by atoms with Gasteiger partial charge in [-0.15, -0.1) is 0 Å². The van der Waals surface area contributed by atoms with Crippen LogP contribution < -0.4 is 5.32 Å². The van der Waals surface area contributed by atoms with Crippen molar-refractivity contribution in [3.05, 3.63) is 34.9 Å². The average molecular weight is 267 g/mol. The van der Waals surface area contributed by atoms with Crippen molar-refractivity contribution < 1.29 is 0 Å². The lowest BCUT2D eigenvalue weighted by Gasteiger charge is -2.32. The zero-order valence-electron chi connectivity index (χ0n) is 11.2. The second-order valence-corrected chi connectivity index (χ2v) is 5.50. The third-order valence-corrected chi connectivity index (χ3v) is 4.04. The molecule has 1 heterocycles. The molecule has 0 radical (unpaired) electrons. The summed E-state index contributed by atoms with van der Waals surface area (Å²) in [5.41, 5.74) is 1.20. The maximum atomic E-state index is 6.16. The molecule has 1 fully saturated rings. The van der Waals surface area contributed by atoms with Crippen molar-refractivity contribution in [2.24, 2.45) is 0 Å². The van der Waals surface area contributed by atoms with Crippen LogP contribution in [-0.4, -0.2) is 30.6 Å². The van der Waals surface area contributed by atoms with Crippen LogP contribution in [-0.2, 0) is 6.54 Å². The minimum absolute atomic E-state index is 0.648. The standard InChI is InChI=1S/C15H23ClN2/c1-2-9-18-10-7-14(8-11-18)17-12-13-5-3-4-6-15(13)16/h3-6,14,17H,2,7-12H2,1H3. The molecular weight excluding hydrogens is 244 g/mol. The molecule has 1 aliphatic rings. The van der Waals surface area contributed by atoms with Gasteiger partial charge in [0, 0.05) is 17.6 Å². The molecule has 0 aliphatic carbocycles. The van der Waals surface area contributed by atoms with Crippen molar-refractivity contribution in [1.82, 2.24) is 10.2 Å².